The number of pyridine rings is 1. The molecule has 0 fully saturated rings. The zero-order valence-electron chi connectivity index (χ0n) is 12.4. The second-order valence-electron chi connectivity index (χ2n) is 5.17. The number of hydrogen-bond acceptors (Lipinski definition) is 5. The van der Waals surface area contributed by atoms with Crippen molar-refractivity contribution in [1.29, 1.82) is 0 Å². The van der Waals surface area contributed by atoms with Crippen LogP contribution in [-0.4, -0.2) is 30.6 Å². The summed E-state index contributed by atoms with van der Waals surface area (Å²) in [5.41, 5.74) is 5.78. The van der Waals surface area contributed by atoms with Gasteiger partial charge in [0.15, 0.2) is 0 Å². The number of hydrogen-bond donors (Lipinski definition) is 1. The number of halogens is 3. The lowest BCUT2D eigenvalue weighted by Gasteiger charge is -2.10. The highest BCUT2D eigenvalue weighted by Crippen LogP contribution is 2.26. The predicted octanol–water partition coefficient (Wildman–Crippen LogP) is 1.95. The van der Waals surface area contributed by atoms with Gasteiger partial charge in [-0.05, 0) is 34.7 Å². The van der Waals surface area contributed by atoms with Gasteiger partial charge in [0.2, 0.25) is 5.91 Å². The first-order valence-corrected chi connectivity index (χ1v) is 7.87. The van der Waals surface area contributed by atoms with Crippen LogP contribution >= 0.6 is 22.6 Å². The summed E-state index contributed by atoms with van der Waals surface area (Å²) in [5, 5.41) is 4.98. The topological polar surface area (TPSA) is 99.6 Å². The molecule has 10 heteroatoms. The minimum atomic E-state index is -3.09. The molecule has 0 radical (unpaired) electrons. The van der Waals surface area contributed by atoms with Crippen LogP contribution in [0.1, 0.15) is 18.3 Å². The van der Waals surface area contributed by atoms with E-state index < -0.39 is 17.5 Å². The van der Waals surface area contributed by atoms with E-state index in [2.05, 4.69) is 20.1 Å². The molecule has 3 aromatic rings. The van der Waals surface area contributed by atoms with E-state index in [0.29, 0.717) is 20.3 Å². The smallest absolute Gasteiger partial charge is 0.287 e. The van der Waals surface area contributed by atoms with Crippen LogP contribution in [0.2, 0.25) is 0 Å². The Balaban J connectivity index is 2.17. The molecule has 124 valence electrons. The second-order valence-corrected chi connectivity index (χ2v) is 6.19. The van der Waals surface area contributed by atoms with Gasteiger partial charge in [-0.1, -0.05) is 0 Å². The molecule has 0 aliphatic carbocycles. The van der Waals surface area contributed by atoms with Gasteiger partial charge in [0.25, 0.3) is 11.9 Å². The number of fused-ring (bicyclic) bond motifs is 1. The highest BCUT2D eigenvalue weighted by atomic mass is 127. The van der Waals surface area contributed by atoms with Crippen molar-refractivity contribution < 1.29 is 13.6 Å². The average molecular weight is 444 g/mol. The SMILES string of the molecule is CC(F)(F)c1ccnc(-n2nc(I)c3cnc(CC(N)=O)cc32)n1. The Morgan fingerprint density at radius 1 is 1.42 bits per heavy atom. The molecule has 0 aliphatic rings. The summed E-state index contributed by atoms with van der Waals surface area (Å²) < 4.78 is 28.9. The molecule has 3 rings (SSSR count). The fourth-order valence-electron chi connectivity index (χ4n) is 2.14. The maximum absolute atomic E-state index is 13.5. The predicted molar refractivity (Wildman–Crippen MR) is 89.6 cm³/mol. The lowest BCUT2D eigenvalue weighted by atomic mass is 10.2. The quantitative estimate of drug-likeness (QED) is 0.621. The van der Waals surface area contributed by atoms with Gasteiger partial charge in [-0.3, -0.25) is 9.78 Å². The highest BCUT2D eigenvalue weighted by Gasteiger charge is 2.27. The first-order chi connectivity index (χ1) is 11.3. The van der Waals surface area contributed by atoms with E-state index in [1.165, 1.54) is 10.9 Å². The summed E-state index contributed by atoms with van der Waals surface area (Å²) in [7, 11) is 0. The molecule has 2 N–H and O–H groups in total. The van der Waals surface area contributed by atoms with Gasteiger partial charge in [-0.25, -0.2) is 9.97 Å². The zero-order valence-corrected chi connectivity index (χ0v) is 14.5. The van der Waals surface area contributed by atoms with Gasteiger partial charge in [-0.15, -0.1) is 0 Å². The molecule has 0 aromatic carbocycles. The van der Waals surface area contributed by atoms with Crippen molar-refractivity contribution in [3.8, 4) is 5.95 Å². The van der Waals surface area contributed by atoms with Gasteiger partial charge in [-0.2, -0.15) is 18.6 Å². The van der Waals surface area contributed by atoms with E-state index in [0.717, 1.165) is 13.0 Å². The van der Waals surface area contributed by atoms with Gasteiger partial charge in [0, 0.05) is 19.3 Å². The Hall–Kier alpha value is -2.24. The molecule has 0 aliphatic heterocycles. The maximum Gasteiger partial charge on any atom is 0.287 e. The standard InChI is InChI=1S/C14H11F2IN6O/c1-14(15,16)10-2-3-19-13(21-10)23-9-4-7(5-11(18)24)20-6-8(9)12(17)22-23/h2-4,6H,5H2,1H3,(H2,18,24). The highest BCUT2D eigenvalue weighted by molar-refractivity contribution is 14.1. The molecule has 0 bridgehead atoms. The molecule has 1 amide bonds. The van der Waals surface area contributed by atoms with Crippen molar-refractivity contribution in [1.82, 2.24) is 24.7 Å². The van der Waals surface area contributed by atoms with Crippen LogP contribution < -0.4 is 5.73 Å². The Morgan fingerprint density at radius 2 is 2.17 bits per heavy atom. The van der Waals surface area contributed by atoms with Crippen LogP contribution in [0.25, 0.3) is 16.9 Å². The first-order valence-electron chi connectivity index (χ1n) is 6.79. The van der Waals surface area contributed by atoms with Crippen molar-refractivity contribution in [2.24, 2.45) is 5.73 Å². The van der Waals surface area contributed by atoms with E-state index in [1.54, 1.807) is 12.3 Å². The third-order valence-electron chi connectivity index (χ3n) is 3.21. The minimum Gasteiger partial charge on any atom is -0.369 e. The second kappa shape index (κ2) is 6.00. The summed E-state index contributed by atoms with van der Waals surface area (Å²) in [6, 6.07) is 2.77. The van der Waals surface area contributed by atoms with Gasteiger partial charge >= 0.3 is 0 Å². The Kier molecular flexibility index (Phi) is 4.15. The minimum absolute atomic E-state index is 0.0122. The summed E-state index contributed by atoms with van der Waals surface area (Å²) in [6.45, 7) is 0.763. The third kappa shape index (κ3) is 3.18. The van der Waals surface area contributed by atoms with Crippen molar-refractivity contribution in [3.05, 3.63) is 39.6 Å². The zero-order chi connectivity index (χ0) is 17.5. The number of nitrogens with zero attached hydrogens (tertiary/aromatic N) is 5. The van der Waals surface area contributed by atoms with E-state index >= 15 is 0 Å². The average Bonchev–Trinajstić information content (AvgIpc) is 2.83. The molecule has 0 atom stereocenters. The summed E-state index contributed by atoms with van der Waals surface area (Å²) in [5.74, 6) is -3.60. The van der Waals surface area contributed by atoms with E-state index in [-0.39, 0.29) is 12.4 Å². The lowest BCUT2D eigenvalue weighted by Crippen LogP contribution is -2.15. The number of alkyl halides is 2. The number of carbonyl (C=O) groups excluding carboxylic acids is 1. The van der Waals surface area contributed by atoms with Crippen molar-refractivity contribution >= 4 is 39.4 Å². The van der Waals surface area contributed by atoms with Crippen LogP contribution in [0.5, 0.6) is 0 Å². The van der Waals surface area contributed by atoms with Gasteiger partial charge in [0.05, 0.1) is 23.0 Å². The number of nitrogens with two attached hydrogens (primary N) is 1. The summed E-state index contributed by atoms with van der Waals surface area (Å²) in [4.78, 5) is 23.1. The molecular formula is C14H11F2IN6O. The van der Waals surface area contributed by atoms with Crippen LogP contribution in [-0.2, 0) is 17.1 Å². The molecule has 24 heavy (non-hydrogen) atoms. The first kappa shape index (κ1) is 16.6. The van der Waals surface area contributed by atoms with E-state index in [4.69, 9.17) is 5.73 Å². The third-order valence-corrected chi connectivity index (χ3v) is 4.01. The largest absolute Gasteiger partial charge is 0.369 e. The molecule has 3 heterocycles. The molecule has 0 saturated heterocycles. The Bertz CT molecular complexity index is 937. The van der Waals surface area contributed by atoms with Crippen molar-refractivity contribution in [2.75, 3.05) is 0 Å². The maximum atomic E-state index is 13.5. The molecule has 7 nitrogen and oxygen atoms in total. The molecular weight excluding hydrogens is 433 g/mol. The molecule has 0 unspecified atom stereocenters. The molecule has 0 spiro atoms. The van der Waals surface area contributed by atoms with Gasteiger partial charge < -0.3 is 5.73 Å². The lowest BCUT2D eigenvalue weighted by molar-refractivity contribution is -0.117. The van der Waals surface area contributed by atoms with Crippen LogP contribution in [0.3, 0.4) is 0 Å². The van der Waals surface area contributed by atoms with E-state index in [9.17, 15) is 13.6 Å². The number of carbonyl (C=O) groups is 1. The van der Waals surface area contributed by atoms with Crippen molar-refractivity contribution in [3.63, 3.8) is 0 Å². The fraction of sp³-hybridized carbons (Fsp3) is 0.214. The van der Waals surface area contributed by atoms with Crippen LogP contribution in [0.15, 0.2) is 24.5 Å². The van der Waals surface area contributed by atoms with Crippen LogP contribution in [0, 0.1) is 3.70 Å². The summed E-state index contributed by atoms with van der Waals surface area (Å²) in [6.07, 6.45) is 2.77. The molecule has 0 saturated carbocycles. The fourth-order valence-corrected chi connectivity index (χ4v) is 2.77. The van der Waals surface area contributed by atoms with Crippen molar-refractivity contribution in [2.45, 2.75) is 19.3 Å². The normalized spacial score (nSPS) is 11.8. The van der Waals surface area contributed by atoms with Gasteiger partial charge in [0.1, 0.15) is 9.39 Å². The number of primary amides is 1. The number of amides is 1. The monoisotopic (exact) mass is 444 g/mol. The van der Waals surface area contributed by atoms with Crippen LogP contribution in [0.4, 0.5) is 8.78 Å². The molecule has 3 aromatic heterocycles. The number of rotatable bonds is 4. The Labute approximate surface area is 148 Å². The summed E-state index contributed by atoms with van der Waals surface area (Å²) >= 11 is 2.00. The number of aromatic nitrogens is 5. The Morgan fingerprint density at radius 3 is 2.83 bits per heavy atom. The van der Waals surface area contributed by atoms with E-state index in [1.807, 2.05) is 22.6 Å².